The number of aromatic nitrogens is 2. The van der Waals surface area contributed by atoms with Gasteiger partial charge in [0.05, 0.1) is 19.5 Å². The normalized spacial score (nSPS) is 18.6. The minimum absolute atomic E-state index is 0.0338. The minimum atomic E-state index is -3.82. The highest BCUT2D eigenvalue weighted by molar-refractivity contribution is 7.91. The Labute approximate surface area is 269 Å². The van der Waals surface area contributed by atoms with Crippen molar-refractivity contribution in [3.8, 4) is 11.3 Å². The van der Waals surface area contributed by atoms with Crippen LogP contribution in [0.1, 0.15) is 79.5 Å². The lowest BCUT2D eigenvalue weighted by Crippen LogP contribution is -2.38. The lowest BCUT2D eigenvalue weighted by Gasteiger charge is -2.31. The number of thiazole rings is 1. The van der Waals surface area contributed by atoms with Gasteiger partial charge in [-0.1, -0.05) is 45.8 Å². The van der Waals surface area contributed by atoms with Gasteiger partial charge < -0.3 is 9.42 Å². The summed E-state index contributed by atoms with van der Waals surface area (Å²) in [7, 11) is -3.82. The van der Waals surface area contributed by atoms with Gasteiger partial charge in [0, 0.05) is 35.7 Å². The van der Waals surface area contributed by atoms with Gasteiger partial charge in [0.1, 0.15) is 17.0 Å². The quantitative estimate of drug-likeness (QED) is 0.193. The third-order valence-corrected chi connectivity index (χ3v) is 13.0. The molecule has 44 heavy (non-hydrogen) atoms. The Kier molecular flexibility index (Phi) is 7.66. The van der Waals surface area contributed by atoms with Crippen molar-refractivity contribution < 1.29 is 22.1 Å². The van der Waals surface area contributed by atoms with Gasteiger partial charge in [0.2, 0.25) is 10.0 Å². The summed E-state index contributed by atoms with van der Waals surface area (Å²) in [5.74, 6) is 0.380. The summed E-state index contributed by atoms with van der Waals surface area (Å²) in [6, 6.07) is 8.03. The number of anilines is 1. The number of carbonyl (C=O) groups excluding carboxylic acids is 1. The first kappa shape index (κ1) is 30.0. The fourth-order valence-corrected chi connectivity index (χ4v) is 8.80. The zero-order chi connectivity index (χ0) is 30.8. The second-order valence-corrected chi connectivity index (χ2v) is 16.4. The molecule has 13 heteroatoms. The molecule has 3 aliphatic rings. The summed E-state index contributed by atoms with van der Waals surface area (Å²) in [5, 5.41) is 6.22. The van der Waals surface area contributed by atoms with Crippen LogP contribution in [-0.4, -0.2) is 42.3 Å². The van der Waals surface area contributed by atoms with Crippen molar-refractivity contribution in [2.75, 3.05) is 18.0 Å². The average molecular weight is 678 g/mol. The summed E-state index contributed by atoms with van der Waals surface area (Å²) in [6.07, 6.45) is 6.90. The standard InChI is InChI=1S/C31H31Cl2FN4O4S2/c1-31(11-12-31)44(40,41)37-29(39)19-15-23(34)27-24(16-19)43-30(35-27)38-13-9-17(10-14-38)5-8-20-26(36-42-28(20)18-6-7-18)25-21(32)3-2-4-22(25)33/h2-4,15-18H,5-14H2,1H3,(H,37,39). The number of benzene rings is 2. The second kappa shape index (κ2) is 11.3. The molecule has 8 nitrogen and oxygen atoms in total. The Morgan fingerprint density at radius 1 is 1.16 bits per heavy atom. The molecule has 0 bridgehead atoms. The maximum absolute atomic E-state index is 15.0. The smallest absolute Gasteiger partial charge is 0.264 e. The van der Waals surface area contributed by atoms with E-state index in [1.54, 1.807) is 6.92 Å². The first-order chi connectivity index (χ1) is 21.0. The number of piperidine rings is 1. The Balaban J connectivity index is 1.02. The summed E-state index contributed by atoms with van der Waals surface area (Å²) in [4.78, 5) is 19.4. The van der Waals surface area contributed by atoms with E-state index in [2.05, 4.69) is 19.8 Å². The van der Waals surface area contributed by atoms with Gasteiger partial charge in [-0.2, -0.15) is 0 Å². The van der Waals surface area contributed by atoms with Crippen LogP contribution in [0.4, 0.5) is 9.52 Å². The SMILES string of the molecule is CC1(S(=O)(=O)NC(=O)c2cc(F)c3nc(N4CCC(CCc5c(-c6c(Cl)cccc6Cl)noc5C5CC5)CC4)sc3c2)CC1. The molecule has 3 fully saturated rings. The van der Waals surface area contributed by atoms with Crippen LogP contribution in [0.25, 0.3) is 21.5 Å². The van der Waals surface area contributed by atoms with E-state index in [1.807, 2.05) is 18.2 Å². The van der Waals surface area contributed by atoms with Crippen LogP contribution in [-0.2, 0) is 16.4 Å². The van der Waals surface area contributed by atoms with Crippen molar-refractivity contribution in [3.63, 3.8) is 0 Å². The Hall–Kier alpha value is -2.73. The third-order valence-electron chi connectivity index (χ3n) is 9.18. The molecule has 4 aromatic rings. The Bertz CT molecular complexity index is 1860. The van der Waals surface area contributed by atoms with Gasteiger partial charge >= 0.3 is 0 Å². The number of hydrogen-bond acceptors (Lipinski definition) is 8. The van der Waals surface area contributed by atoms with Gasteiger partial charge in [-0.05, 0) is 88.5 Å². The lowest BCUT2D eigenvalue weighted by atomic mass is 9.89. The molecule has 2 aromatic heterocycles. The number of rotatable bonds is 9. The number of amides is 1. The van der Waals surface area contributed by atoms with Crippen molar-refractivity contribution in [2.45, 2.75) is 69.0 Å². The van der Waals surface area contributed by atoms with E-state index >= 15 is 4.39 Å². The third kappa shape index (κ3) is 5.61. The van der Waals surface area contributed by atoms with E-state index in [4.69, 9.17) is 27.7 Å². The van der Waals surface area contributed by atoms with Crippen LogP contribution in [0.3, 0.4) is 0 Å². The van der Waals surface area contributed by atoms with E-state index in [0.29, 0.717) is 44.6 Å². The van der Waals surface area contributed by atoms with Crippen LogP contribution in [0.5, 0.6) is 0 Å². The highest BCUT2D eigenvalue weighted by Gasteiger charge is 2.51. The van der Waals surface area contributed by atoms with E-state index in [1.165, 1.54) is 17.4 Å². The van der Waals surface area contributed by atoms with Gasteiger partial charge in [-0.25, -0.2) is 22.5 Å². The number of fused-ring (bicyclic) bond motifs is 1. The van der Waals surface area contributed by atoms with E-state index < -0.39 is 26.5 Å². The molecule has 2 aromatic carbocycles. The van der Waals surface area contributed by atoms with E-state index in [-0.39, 0.29) is 11.1 Å². The first-order valence-corrected chi connectivity index (χ1v) is 17.9. The fourth-order valence-electron chi connectivity index (χ4n) is 5.90. The molecule has 3 heterocycles. The molecule has 7 rings (SSSR count). The molecular formula is C31H31Cl2FN4O4S2. The van der Waals surface area contributed by atoms with Gasteiger partial charge in [-0.15, -0.1) is 0 Å². The molecule has 2 aliphatic carbocycles. The molecule has 0 atom stereocenters. The van der Waals surface area contributed by atoms with Gasteiger partial charge in [0.15, 0.2) is 10.9 Å². The molecule has 1 aliphatic heterocycles. The topological polar surface area (TPSA) is 105 Å². The molecule has 232 valence electrons. The van der Waals surface area contributed by atoms with Crippen LogP contribution in [0.2, 0.25) is 10.0 Å². The van der Waals surface area contributed by atoms with Crippen molar-refractivity contribution >= 4 is 65.8 Å². The Morgan fingerprint density at radius 3 is 2.52 bits per heavy atom. The van der Waals surface area contributed by atoms with Gasteiger partial charge in [-0.3, -0.25) is 4.79 Å². The molecule has 1 N–H and O–H groups in total. The Morgan fingerprint density at radius 2 is 1.86 bits per heavy atom. The average Bonchev–Trinajstić information content (AvgIpc) is 3.89. The number of hydrogen-bond donors (Lipinski definition) is 1. The van der Waals surface area contributed by atoms with Crippen molar-refractivity contribution in [2.24, 2.45) is 5.92 Å². The van der Waals surface area contributed by atoms with E-state index in [9.17, 15) is 13.2 Å². The lowest BCUT2D eigenvalue weighted by molar-refractivity contribution is 0.0980. The molecule has 2 saturated carbocycles. The van der Waals surface area contributed by atoms with Crippen LogP contribution in [0.15, 0.2) is 34.9 Å². The number of nitrogens with one attached hydrogen (secondary N) is 1. The van der Waals surface area contributed by atoms with Crippen molar-refractivity contribution in [1.82, 2.24) is 14.9 Å². The number of sulfonamides is 1. The zero-order valence-corrected chi connectivity index (χ0v) is 27.2. The van der Waals surface area contributed by atoms with Crippen molar-refractivity contribution in [1.29, 1.82) is 0 Å². The summed E-state index contributed by atoms with van der Waals surface area (Å²) in [6.45, 7) is 3.15. The van der Waals surface area contributed by atoms with Crippen LogP contribution < -0.4 is 9.62 Å². The summed E-state index contributed by atoms with van der Waals surface area (Å²) in [5.41, 5.74) is 2.72. The van der Waals surface area contributed by atoms with Crippen LogP contribution >= 0.6 is 34.5 Å². The van der Waals surface area contributed by atoms with Gasteiger partial charge in [0.25, 0.3) is 5.91 Å². The number of carbonyl (C=O) groups is 1. The molecular weight excluding hydrogens is 646 g/mol. The minimum Gasteiger partial charge on any atom is -0.360 e. The number of halogens is 3. The highest BCUT2D eigenvalue weighted by atomic mass is 35.5. The predicted molar refractivity (Wildman–Crippen MR) is 171 cm³/mol. The number of nitrogens with zero attached hydrogens (tertiary/aromatic N) is 3. The van der Waals surface area contributed by atoms with Crippen molar-refractivity contribution in [3.05, 3.63) is 63.1 Å². The first-order valence-electron chi connectivity index (χ1n) is 14.9. The van der Waals surface area contributed by atoms with E-state index in [0.717, 1.165) is 80.3 Å². The second-order valence-electron chi connectivity index (χ2n) is 12.4. The highest BCUT2D eigenvalue weighted by Crippen LogP contribution is 2.47. The largest absolute Gasteiger partial charge is 0.360 e. The predicted octanol–water partition coefficient (Wildman–Crippen LogP) is 7.74. The molecule has 1 saturated heterocycles. The monoisotopic (exact) mass is 676 g/mol. The molecule has 0 unspecified atom stereocenters. The molecule has 0 radical (unpaired) electrons. The summed E-state index contributed by atoms with van der Waals surface area (Å²) < 4.78 is 47.5. The maximum Gasteiger partial charge on any atom is 0.264 e. The zero-order valence-electron chi connectivity index (χ0n) is 24.0. The van der Waals surface area contributed by atoms with Crippen LogP contribution in [0, 0.1) is 11.7 Å². The summed E-state index contributed by atoms with van der Waals surface area (Å²) >= 11 is 14.4. The fraction of sp³-hybridized carbons (Fsp3) is 0.452. The maximum atomic E-state index is 15.0. The molecule has 0 spiro atoms. The molecule has 1 amide bonds.